The number of hydrogen-bond donors (Lipinski definition) is 0. The Bertz CT molecular complexity index is 755. The molecule has 0 aliphatic heterocycles. The Morgan fingerprint density at radius 3 is 1.43 bits per heavy atom. The Morgan fingerprint density at radius 2 is 0.915 bits per heavy atom. The average Bonchev–Trinajstić information content (AvgIpc) is 3.07. The summed E-state index contributed by atoms with van der Waals surface area (Å²) in [6.07, 6.45) is 44.5. The topological polar surface area (TPSA) is 60.4 Å². The van der Waals surface area contributed by atoms with Gasteiger partial charge in [0, 0.05) is 12.8 Å². The lowest BCUT2D eigenvalue weighted by molar-refractivity contribution is -0.164. The van der Waals surface area contributed by atoms with Crippen LogP contribution in [0.1, 0.15) is 220 Å². The van der Waals surface area contributed by atoms with Crippen LogP contribution < -0.4 is 0 Å². The van der Waals surface area contributed by atoms with Crippen molar-refractivity contribution in [2.45, 2.75) is 220 Å². The van der Waals surface area contributed by atoms with Gasteiger partial charge in [0.15, 0.2) is 0 Å². The van der Waals surface area contributed by atoms with E-state index in [4.69, 9.17) is 4.74 Å². The van der Waals surface area contributed by atoms with E-state index in [0.29, 0.717) is 19.3 Å². The first-order valence-corrected chi connectivity index (χ1v) is 20.6. The second-order valence-electron chi connectivity index (χ2n) is 14.1. The standard InChI is InChI=1S/C43H78O4/c1-4-7-10-13-16-18-19-20-21-22-23-25-27-30-33-38-42(45)47-43(46)41(37-34-39-44)40(35-31-28-15-12-9-6-3)36-32-29-26-24-17-14-11-8-5-2/h16,18,20-21,39-41H,4-15,17,19,22-38H2,1-3H3. The highest BCUT2D eigenvalue weighted by Gasteiger charge is 2.30. The number of carbonyl (C=O) groups is 3. The average molecular weight is 659 g/mol. The quantitative estimate of drug-likeness (QED) is 0.0221. The van der Waals surface area contributed by atoms with Gasteiger partial charge >= 0.3 is 11.9 Å². The zero-order valence-electron chi connectivity index (χ0n) is 31.6. The van der Waals surface area contributed by atoms with E-state index in [-0.39, 0.29) is 17.8 Å². The normalized spacial score (nSPS) is 13.0. The fourth-order valence-corrected chi connectivity index (χ4v) is 6.56. The van der Waals surface area contributed by atoms with E-state index >= 15 is 0 Å². The Hall–Kier alpha value is -1.71. The van der Waals surface area contributed by atoms with Gasteiger partial charge in [-0.15, -0.1) is 0 Å². The van der Waals surface area contributed by atoms with Gasteiger partial charge in [-0.25, -0.2) is 0 Å². The Kier molecular flexibility index (Phi) is 35.8. The zero-order valence-corrected chi connectivity index (χ0v) is 31.6. The highest BCUT2D eigenvalue weighted by Crippen LogP contribution is 2.30. The van der Waals surface area contributed by atoms with E-state index in [1.165, 1.54) is 116 Å². The SMILES string of the molecule is CCCCCC=CCC=CCCCCCCCC(=O)OC(=O)C(CCC=O)C(CCCCCCCC)CCCCCCCCCCC. The molecule has 47 heavy (non-hydrogen) atoms. The van der Waals surface area contributed by atoms with Crippen LogP contribution in [0.4, 0.5) is 0 Å². The maximum atomic E-state index is 13.3. The molecule has 4 heteroatoms. The molecule has 0 radical (unpaired) electrons. The lowest BCUT2D eigenvalue weighted by Gasteiger charge is -2.25. The van der Waals surface area contributed by atoms with Crippen LogP contribution in [-0.4, -0.2) is 18.2 Å². The third-order valence-corrected chi connectivity index (χ3v) is 9.62. The number of esters is 2. The second kappa shape index (κ2) is 37.1. The molecule has 0 aromatic rings. The molecule has 4 nitrogen and oxygen atoms in total. The summed E-state index contributed by atoms with van der Waals surface area (Å²) in [4.78, 5) is 37.3. The largest absolute Gasteiger partial charge is 0.393 e. The number of carbonyl (C=O) groups excluding carboxylic acids is 3. The first-order chi connectivity index (χ1) is 23.1. The van der Waals surface area contributed by atoms with Gasteiger partial charge in [0.05, 0.1) is 5.92 Å². The van der Waals surface area contributed by atoms with Crippen molar-refractivity contribution in [3.63, 3.8) is 0 Å². The van der Waals surface area contributed by atoms with Gasteiger partial charge in [0.2, 0.25) is 0 Å². The minimum atomic E-state index is -0.391. The van der Waals surface area contributed by atoms with Crippen molar-refractivity contribution in [1.29, 1.82) is 0 Å². The summed E-state index contributed by atoms with van der Waals surface area (Å²) in [7, 11) is 0. The fourth-order valence-electron chi connectivity index (χ4n) is 6.56. The summed E-state index contributed by atoms with van der Waals surface area (Å²) in [5.74, 6) is -0.926. The maximum Gasteiger partial charge on any atom is 0.316 e. The molecule has 0 amide bonds. The van der Waals surface area contributed by atoms with E-state index in [2.05, 4.69) is 45.1 Å². The molecule has 0 aliphatic carbocycles. The molecule has 0 spiro atoms. The second-order valence-corrected chi connectivity index (χ2v) is 14.1. The summed E-state index contributed by atoms with van der Waals surface area (Å²) in [6, 6.07) is 0. The van der Waals surface area contributed by atoms with Crippen LogP contribution in [0.5, 0.6) is 0 Å². The van der Waals surface area contributed by atoms with Crippen molar-refractivity contribution >= 4 is 18.2 Å². The van der Waals surface area contributed by atoms with Gasteiger partial charge in [0.25, 0.3) is 0 Å². The summed E-state index contributed by atoms with van der Waals surface area (Å²) in [5, 5.41) is 0. The van der Waals surface area contributed by atoms with E-state index in [9.17, 15) is 14.4 Å². The van der Waals surface area contributed by atoms with Crippen molar-refractivity contribution in [3.05, 3.63) is 24.3 Å². The summed E-state index contributed by atoms with van der Waals surface area (Å²) < 4.78 is 5.45. The van der Waals surface area contributed by atoms with Crippen LogP contribution in [0.25, 0.3) is 0 Å². The van der Waals surface area contributed by atoms with Crippen molar-refractivity contribution < 1.29 is 19.1 Å². The number of aldehydes is 1. The van der Waals surface area contributed by atoms with Crippen LogP contribution >= 0.6 is 0 Å². The molecule has 0 fully saturated rings. The molecule has 0 saturated carbocycles. The van der Waals surface area contributed by atoms with Gasteiger partial charge < -0.3 is 9.53 Å². The number of unbranched alkanes of at least 4 members (excludes halogenated alkanes) is 21. The Morgan fingerprint density at radius 1 is 0.489 bits per heavy atom. The molecule has 274 valence electrons. The maximum absolute atomic E-state index is 13.3. The van der Waals surface area contributed by atoms with E-state index in [1.807, 2.05) is 0 Å². The van der Waals surface area contributed by atoms with E-state index < -0.39 is 5.97 Å². The Balaban J connectivity index is 4.56. The summed E-state index contributed by atoms with van der Waals surface area (Å²) in [6.45, 7) is 6.74. The van der Waals surface area contributed by atoms with Gasteiger partial charge in [-0.1, -0.05) is 173 Å². The molecule has 0 aromatic carbocycles. The van der Waals surface area contributed by atoms with Crippen molar-refractivity contribution in [2.75, 3.05) is 0 Å². The third-order valence-electron chi connectivity index (χ3n) is 9.62. The van der Waals surface area contributed by atoms with Crippen LogP contribution in [0.15, 0.2) is 24.3 Å². The predicted octanol–water partition coefficient (Wildman–Crippen LogP) is 13.8. The fraction of sp³-hybridized carbons (Fsp3) is 0.837. The Labute approximate surface area is 292 Å². The molecule has 0 N–H and O–H groups in total. The summed E-state index contributed by atoms with van der Waals surface area (Å²) in [5.41, 5.74) is 0. The molecule has 0 rings (SSSR count). The van der Waals surface area contributed by atoms with Gasteiger partial charge in [0.1, 0.15) is 6.29 Å². The van der Waals surface area contributed by atoms with Crippen molar-refractivity contribution in [2.24, 2.45) is 11.8 Å². The van der Waals surface area contributed by atoms with Crippen LogP contribution in [-0.2, 0) is 19.1 Å². The van der Waals surface area contributed by atoms with E-state index in [1.54, 1.807) is 0 Å². The van der Waals surface area contributed by atoms with Gasteiger partial charge in [-0.05, 0) is 63.7 Å². The number of rotatable bonds is 36. The number of ether oxygens (including phenoxy) is 1. The van der Waals surface area contributed by atoms with Crippen LogP contribution in [0.2, 0.25) is 0 Å². The lowest BCUT2D eigenvalue weighted by Crippen LogP contribution is -2.28. The molecular formula is C43H78O4. The summed E-state index contributed by atoms with van der Waals surface area (Å²) >= 11 is 0. The van der Waals surface area contributed by atoms with E-state index in [0.717, 1.165) is 70.5 Å². The molecular weight excluding hydrogens is 580 g/mol. The lowest BCUT2D eigenvalue weighted by atomic mass is 9.81. The minimum absolute atomic E-state index is 0.196. The third kappa shape index (κ3) is 31.3. The number of hydrogen-bond acceptors (Lipinski definition) is 4. The highest BCUT2D eigenvalue weighted by atomic mass is 16.6. The molecule has 0 aromatic heterocycles. The first kappa shape index (κ1) is 45.3. The zero-order chi connectivity index (χ0) is 34.5. The molecule has 2 atom stereocenters. The first-order valence-electron chi connectivity index (χ1n) is 20.6. The molecule has 0 bridgehead atoms. The van der Waals surface area contributed by atoms with Gasteiger partial charge in [-0.3, -0.25) is 9.59 Å². The van der Waals surface area contributed by atoms with Gasteiger partial charge in [-0.2, -0.15) is 0 Å². The minimum Gasteiger partial charge on any atom is -0.393 e. The molecule has 0 saturated heterocycles. The molecule has 0 aliphatic rings. The van der Waals surface area contributed by atoms with Crippen LogP contribution in [0.3, 0.4) is 0 Å². The van der Waals surface area contributed by atoms with Crippen molar-refractivity contribution in [1.82, 2.24) is 0 Å². The van der Waals surface area contributed by atoms with Crippen molar-refractivity contribution in [3.8, 4) is 0 Å². The number of allylic oxidation sites excluding steroid dienone is 4. The monoisotopic (exact) mass is 659 g/mol. The molecule has 2 unspecified atom stereocenters. The van der Waals surface area contributed by atoms with Crippen LogP contribution in [0, 0.1) is 11.8 Å². The predicted molar refractivity (Wildman–Crippen MR) is 203 cm³/mol. The molecule has 0 heterocycles. The highest BCUT2D eigenvalue weighted by molar-refractivity contribution is 5.87. The smallest absolute Gasteiger partial charge is 0.316 e.